The van der Waals surface area contributed by atoms with E-state index < -0.39 is 5.60 Å². The monoisotopic (exact) mass is 346 g/mol. The molecule has 1 heterocycles. The Hall–Kier alpha value is -2.18. The van der Waals surface area contributed by atoms with Gasteiger partial charge in [0.05, 0.1) is 10.5 Å². The molecule has 1 aromatic carbocycles. The molecule has 0 fully saturated rings. The summed E-state index contributed by atoms with van der Waals surface area (Å²) in [6.45, 7) is 5.68. The summed E-state index contributed by atoms with van der Waals surface area (Å²) in [7, 11) is 0. The summed E-state index contributed by atoms with van der Waals surface area (Å²) in [5, 5.41) is 17.5. The molecule has 0 aliphatic heterocycles. The molecular formula is C18H22N2O3S. The number of hydrogen-bond acceptors (Lipinski definition) is 4. The van der Waals surface area contributed by atoms with Crippen LogP contribution in [0.5, 0.6) is 0 Å². The summed E-state index contributed by atoms with van der Waals surface area (Å²) in [5.74, 6) is -0.394. The van der Waals surface area contributed by atoms with Gasteiger partial charge in [-0.2, -0.15) is 0 Å². The van der Waals surface area contributed by atoms with E-state index in [9.17, 15) is 14.7 Å². The van der Waals surface area contributed by atoms with E-state index in [2.05, 4.69) is 10.6 Å². The fourth-order valence-electron chi connectivity index (χ4n) is 1.87. The third-order valence-electron chi connectivity index (χ3n) is 4.00. The molecule has 1 unspecified atom stereocenters. The lowest BCUT2D eigenvalue weighted by Crippen LogP contribution is -2.44. The van der Waals surface area contributed by atoms with Crippen molar-refractivity contribution in [3.63, 3.8) is 0 Å². The van der Waals surface area contributed by atoms with Crippen LogP contribution in [0.3, 0.4) is 0 Å². The highest BCUT2D eigenvalue weighted by atomic mass is 32.1. The predicted molar refractivity (Wildman–Crippen MR) is 96.5 cm³/mol. The zero-order chi connectivity index (χ0) is 17.7. The Morgan fingerprint density at radius 2 is 1.83 bits per heavy atom. The van der Waals surface area contributed by atoms with Gasteiger partial charge in [-0.3, -0.25) is 9.59 Å². The first-order valence-corrected chi connectivity index (χ1v) is 8.63. The smallest absolute Gasteiger partial charge is 0.265 e. The maximum Gasteiger partial charge on any atom is 0.265 e. The molecule has 24 heavy (non-hydrogen) atoms. The lowest BCUT2D eigenvalue weighted by Gasteiger charge is -2.27. The summed E-state index contributed by atoms with van der Waals surface area (Å²) in [5.41, 5.74) is 0.146. The lowest BCUT2D eigenvalue weighted by molar-refractivity contribution is 0.0142. The molecule has 0 saturated carbocycles. The van der Waals surface area contributed by atoms with Crippen LogP contribution in [-0.4, -0.2) is 29.1 Å². The summed E-state index contributed by atoms with van der Waals surface area (Å²) < 4.78 is 0. The minimum Gasteiger partial charge on any atom is -0.388 e. The third kappa shape index (κ3) is 4.66. The molecule has 1 aromatic heterocycles. The van der Waals surface area contributed by atoms with Crippen LogP contribution in [0.15, 0.2) is 41.8 Å². The topological polar surface area (TPSA) is 78.4 Å². The van der Waals surface area contributed by atoms with E-state index >= 15 is 0 Å². The molecule has 0 bridgehead atoms. The van der Waals surface area contributed by atoms with Crippen LogP contribution in [0.4, 0.5) is 5.69 Å². The summed E-state index contributed by atoms with van der Waals surface area (Å²) in [6, 6.07) is 10.2. The first-order chi connectivity index (χ1) is 11.3. The molecular weight excluding hydrogens is 324 g/mol. The number of anilines is 1. The van der Waals surface area contributed by atoms with Crippen molar-refractivity contribution in [1.29, 1.82) is 0 Å². The Balaban J connectivity index is 1.94. The van der Waals surface area contributed by atoms with E-state index in [1.165, 1.54) is 11.3 Å². The van der Waals surface area contributed by atoms with Crippen LogP contribution in [0.1, 0.15) is 40.8 Å². The summed E-state index contributed by atoms with van der Waals surface area (Å²) in [6.07, 6.45) is 0. The van der Waals surface area contributed by atoms with Crippen molar-refractivity contribution in [1.82, 2.24) is 5.32 Å². The zero-order valence-electron chi connectivity index (χ0n) is 14.0. The highest BCUT2D eigenvalue weighted by molar-refractivity contribution is 7.12. The standard InChI is InChI=1S/C18H22N2O3S/c1-12(2)18(3,23)11-19-16(21)13-6-8-14(9-7-13)20-17(22)15-5-4-10-24-15/h4-10,12,23H,11H2,1-3H3,(H,19,21)(H,20,22). The first-order valence-electron chi connectivity index (χ1n) is 7.75. The minimum atomic E-state index is -0.954. The molecule has 0 aliphatic carbocycles. The SMILES string of the molecule is CC(C)C(C)(O)CNC(=O)c1ccc(NC(=O)c2cccs2)cc1. The fourth-order valence-corrected chi connectivity index (χ4v) is 2.49. The van der Waals surface area contributed by atoms with Crippen LogP contribution in [-0.2, 0) is 0 Å². The van der Waals surface area contributed by atoms with Gasteiger partial charge in [-0.05, 0) is 48.6 Å². The Bertz CT molecular complexity index is 692. The number of thiophene rings is 1. The van der Waals surface area contributed by atoms with E-state index in [0.717, 1.165) is 0 Å². The molecule has 3 N–H and O–H groups in total. The number of rotatable bonds is 6. The zero-order valence-corrected chi connectivity index (χ0v) is 14.8. The molecule has 0 radical (unpaired) electrons. The fraction of sp³-hybridized carbons (Fsp3) is 0.333. The van der Waals surface area contributed by atoms with Gasteiger partial charge in [-0.15, -0.1) is 11.3 Å². The quantitative estimate of drug-likeness (QED) is 0.752. The molecule has 2 amide bonds. The second-order valence-corrected chi connectivity index (χ2v) is 7.15. The first kappa shape index (κ1) is 18.2. The third-order valence-corrected chi connectivity index (χ3v) is 4.87. The number of nitrogens with one attached hydrogen (secondary N) is 2. The van der Waals surface area contributed by atoms with Crippen molar-refractivity contribution >= 4 is 28.8 Å². The van der Waals surface area contributed by atoms with Crippen LogP contribution in [0, 0.1) is 5.92 Å². The van der Waals surface area contributed by atoms with E-state index in [0.29, 0.717) is 16.1 Å². The van der Waals surface area contributed by atoms with Gasteiger partial charge in [0.25, 0.3) is 11.8 Å². The summed E-state index contributed by atoms with van der Waals surface area (Å²) in [4.78, 5) is 24.7. The van der Waals surface area contributed by atoms with E-state index in [1.54, 1.807) is 37.3 Å². The molecule has 2 rings (SSSR count). The van der Waals surface area contributed by atoms with Gasteiger partial charge in [0, 0.05) is 17.8 Å². The average molecular weight is 346 g/mol. The average Bonchev–Trinajstić information content (AvgIpc) is 3.08. The van der Waals surface area contributed by atoms with Crippen LogP contribution >= 0.6 is 11.3 Å². The highest BCUT2D eigenvalue weighted by Crippen LogP contribution is 2.16. The van der Waals surface area contributed by atoms with E-state index in [1.807, 2.05) is 25.3 Å². The van der Waals surface area contributed by atoms with Crippen molar-refractivity contribution in [3.05, 3.63) is 52.2 Å². The number of hydrogen-bond donors (Lipinski definition) is 3. The largest absolute Gasteiger partial charge is 0.388 e. The van der Waals surface area contributed by atoms with E-state index in [4.69, 9.17) is 0 Å². The lowest BCUT2D eigenvalue weighted by atomic mass is 9.92. The van der Waals surface area contributed by atoms with Gasteiger partial charge >= 0.3 is 0 Å². The Morgan fingerprint density at radius 1 is 1.17 bits per heavy atom. The number of benzene rings is 1. The van der Waals surface area contributed by atoms with Crippen molar-refractivity contribution in [2.24, 2.45) is 5.92 Å². The molecule has 1 atom stereocenters. The van der Waals surface area contributed by atoms with Gasteiger partial charge in [0.2, 0.25) is 0 Å². The number of carbonyl (C=O) groups excluding carboxylic acids is 2. The summed E-state index contributed by atoms with van der Waals surface area (Å²) >= 11 is 1.37. The molecule has 6 heteroatoms. The minimum absolute atomic E-state index is 0.0349. The Labute approximate surface area is 145 Å². The Morgan fingerprint density at radius 3 is 2.38 bits per heavy atom. The number of carbonyl (C=O) groups is 2. The van der Waals surface area contributed by atoms with Crippen LogP contribution < -0.4 is 10.6 Å². The van der Waals surface area contributed by atoms with Gasteiger partial charge in [-0.1, -0.05) is 19.9 Å². The van der Waals surface area contributed by atoms with Gasteiger partial charge in [0.15, 0.2) is 0 Å². The highest BCUT2D eigenvalue weighted by Gasteiger charge is 2.25. The normalized spacial score (nSPS) is 13.4. The van der Waals surface area contributed by atoms with Crippen molar-refractivity contribution in [3.8, 4) is 0 Å². The molecule has 0 saturated heterocycles. The Kier molecular flexibility index (Phi) is 5.75. The molecule has 5 nitrogen and oxygen atoms in total. The molecule has 2 aromatic rings. The van der Waals surface area contributed by atoms with Gasteiger partial charge < -0.3 is 15.7 Å². The molecule has 0 spiro atoms. The number of aliphatic hydroxyl groups is 1. The van der Waals surface area contributed by atoms with Crippen LogP contribution in [0.25, 0.3) is 0 Å². The van der Waals surface area contributed by atoms with Gasteiger partial charge in [-0.25, -0.2) is 0 Å². The second-order valence-electron chi connectivity index (χ2n) is 6.20. The predicted octanol–water partition coefficient (Wildman–Crippen LogP) is 3.14. The van der Waals surface area contributed by atoms with Crippen molar-refractivity contribution in [2.45, 2.75) is 26.4 Å². The van der Waals surface area contributed by atoms with Gasteiger partial charge in [0.1, 0.15) is 0 Å². The number of amides is 2. The maximum absolute atomic E-state index is 12.1. The van der Waals surface area contributed by atoms with Crippen molar-refractivity contribution < 1.29 is 14.7 Å². The molecule has 0 aliphatic rings. The van der Waals surface area contributed by atoms with E-state index in [-0.39, 0.29) is 24.3 Å². The van der Waals surface area contributed by atoms with Crippen molar-refractivity contribution in [2.75, 3.05) is 11.9 Å². The van der Waals surface area contributed by atoms with Crippen LogP contribution in [0.2, 0.25) is 0 Å². The maximum atomic E-state index is 12.1. The molecule has 128 valence electrons. The second kappa shape index (κ2) is 7.59.